The average molecular weight is 293 g/mol. The van der Waals surface area contributed by atoms with Crippen LogP contribution in [0.1, 0.15) is 51.0 Å². The van der Waals surface area contributed by atoms with Gasteiger partial charge in [0.05, 0.1) is 7.11 Å². The topological polar surface area (TPSA) is 72.6 Å². The molecule has 0 radical (unpaired) electrons. The van der Waals surface area contributed by atoms with Gasteiger partial charge in [0.2, 0.25) is 5.91 Å². The van der Waals surface area contributed by atoms with E-state index in [1.54, 1.807) is 12.1 Å². The molecule has 1 amide bonds. The molecule has 4 heteroatoms. The second kappa shape index (κ2) is 9.27. The molecule has 0 spiro atoms. The van der Waals surface area contributed by atoms with E-state index >= 15 is 0 Å². The van der Waals surface area contributed by atoms with Gasteiger partial charge in [0.25, 0.3) is 0 Å². The van der Waals surface area contributed by atoms with Crippen molar-refractivity contribution in [3.8, 4) is 11.5 Å². The number of rotatable bonds is 10. The zero-order chi connectivity index (χ0) is 15.7. The van der Waals surface area contributed by atoms with Gasteiger partial charge in [-0.2, -0.15) is 0 Å². The summed E-state index contributed by atoms with van der Waals surface area (Å²) in [5, 5.41) is 9.59. The first-order chi connectivity index (χ1) is 10.1. The van der Waals surface area contributed by atoms with Crippen LogP contribution in [-0.2, 0) is 11.2 Å². The molecule has 0 saturated carbocycles. The highest BCUT2D eigenvalue weighted by atomic mass is 16.5. The summed E-state index contributed by atoms with van der Waals surface area (Å²) in [5.74, 6) is 0.133. The number of nitrogens with two attached hydrogens (primary N) is 1. The minimum atomic E-state index is -0.252. The zero-order valence-electron chi connectivity index (χ0n) is 13.1. The molecule has 1 rings (SSSR count). The van der Waals surface area contributed by atoms with Crippen molar-refractivity contribution in [2.75, 3.05) is 7.11 Å². The molecule has 0 aliphatic heterocycles. The first-order valence-corrected chi connectivity index (χ1v) is 7.73. The Kier molecular flexibility index (Phi) is 7.65. The number of hydrogen-bond acceptors (Lipinski definition) is 3. The molecule has 21 heavy (non-hydrogen) atoms. The number of ether oxygens (including phenoxy) is 1. The SMILES string of the molecule is CCCCCCCC(Cc1ccc(O)c(OC)c1)C(N)=O. The van der Waals surface area contributed by atoms with E-state index in [2.05, 4.69) is 6.92 Å². The fourth-order valence-corrected chi connectivity index (χ4v) is 2.47. The number of carbonyl (C=O) groups excluding carboxylic acids is 1. The van der Waals surface area contributed by atoms with E-state index in [9.17, 15) is 9.90 Å². The number of aromatic hydroxyl groups is 1. The maximum Gasteiger partial charge on any atom is 0.220 e. The van der Waals surface area contributed by atoms with Crippen molar-refractivity contribution >= 4 is 5.91 Å². The second-order valence-electron chi connectivity index (χ2n) is 5.51. The van der Waals surface area contributed by atoms with Gasteiger partial charge in [-0.1, -0.05) is 45.1 Å². The third-order valence-corrected chi connectivity index (χ3v) is 3.78. The highest BCUT2D eigenvalue weighted by molar-refractivity contribution is 5.77. The molecule has 118 valence electrons. The van der Waals surface area contributed by atoms with Crippen LogP contribution < -0.4 is 10.5 Å². The van der Waals surface area contributed by atoms with Gasteiger partial charge in [-0.25, -0.2) is 0 Å². The molecule has 0 aliphatic carbocycles. The zero-order valence-corrected chi connectivity index (χ0v) is 13.1. The number of benzene rings is 1. The van der Waals surface area contributed by atoms with Crippen LogP contribution in [0.3, 0.4) is 0 Å². The van der Waals surface area contributed by atoms with E-state index in [4.69, 9.17) is 10.5 Å². The molecule has 1 unspecified atom stereocenters. The number of phenolic OH excluding ortho intramolecular Hbond substituents is 1. The molecule has 4 nitrogen and oxygen atoms in total. The number of phenols is 1. The minimum absolute atomic E-state index is 0.108. The summed E-state index contributed by atoms with van der Waals surface area (Å²) in [6, 6.07) is 5.17. The Morgan fingerprint density at radius 3 is 2.62 bits per heavy atom. The Balaban J connectivity index is 2.56. The Bertz CT molecular complexity index is 446. The maximum atomic E-state index is 11.6. The molecule has 0 saturated heterocycles. The summed E-state index contributed by atoms with van der Waals surface area (Å²) in [4.78, 5) is 11.6. The summed E-state index contributed by atoms with van der Waals surface area (Å²) in [5.41, 5.74) is 6.47. The van der Waals surface area contributed by atoms with E-state index in [0.717, 1.165) is 24.8 Å². The number of carbonyl (C=O) groups is 1. The lowest BCUT2D eigenvalue weighted by Crippen LogP contribution is -2.25. The predicted octanol–water partition coefficient (Wildman–Crippen LogP) is 3.41. The smallest absolute Gasteiger partial charge is 0.220 e. The fraction of sp³-hybridized carbons (Fsp3) is 0.588. The van der Waals surface area contributed by atoms with Crippen molar-refractivity contribution in [3.63, 3.8) is 0 Å². The largest absolute Gasteiger partial charge is 0.504 e. The summed E-state index contributed by atoms with van der Waals surface area (Å²) in [7, 11) is 1.51. The van der Waals surface area contributed by atoms with Crippen molar-refractivity contribution in [2.45, 2.75) is 51.9 Å². The molecule has 0 heterocycles. The number of methoxy groups -OCH3 is 1. The standard InChI is InChI=1S/C17H27NO3/c1-3-4-5-6-7-8-14(17(18)20)11-13-9-10-15(19)16(12-13)21-2/h9-10,12,14,19H,3-8,11H2,1-2H3,(H2,18,20). The predicted molar refractivity (Wildman–Crippen MR) is 84.4 cm³/mol. The van der Waals surface area contributed by atoms with Gasteiger partial charge in [-0.3, -0.25) is 4.79 Å². The van der Waals surface area contributed by atoms with E-state index in [0.29, 0.717) is 12.2 Å². The molecule has 0 aromatic heterocycles. The van der Waals surface area contributed by atoms with E-state index in [1.807, 2.05) is 6.07 Å². The van der Waals surface area contributed by atoms with Crippen LogP contribution in [0.2, 0.25) is 0 Å². The summed E-state index contributed by atoms with van der Waals surface area (Å²) in [6.45, 7) is 2.18. The number of amides is 1. The summed E-state index contributed by atoms with van der Waals surface area (Å²) < 4.78 is 5.09. The molecular formula is C17H27NO3. The van der Waals surface area contributed by atoms with Crippen molar-refractivity contribution < 1.29 is 14.6 Å². The van der Waals surface area contributed by atoms with Gasteiger partial charge in [-0.15, -0.1) is 0 Å². The third-order valence-electron chi connectivity index (χ3n) is 3.78. The van der Waals surface area contributed by atoms with Crippen molar-refractivity contribution in [1.29, 1.82) is 0 Å². The lowest BCUT2D eigenvalue weighted by Gasteiger charge is -2.14. The van der Waals surface area contributed by atoms with Crippen LogP contribution in [0.15, 0.2) is 18.2 Å². The number of primary amides is 1. The normalized spacial score (nSPS) is 12.1. The van der Waals surface area contributed by atoms with Crippen LogP contribution in [0, 0.1) is 5.92 Å². The van der Waals surface area contributed by atoms with E-state index in [1.165, 1.54) is 26.4 Å². The first kappa shape index (κ1) is 17.3. The molecule has 0 fully saturated rings. The van der Waals surface area contributed by atoms with Gasteiger partial charge in [-0.05, 0) is 30.5 Å². The van der Waals surface area contributed by atoms with Gasteiger partial charge in [0.15, 0.2) is 11.5 Å². The van der Waals surface area contributed by atoms with Crippen LogP contribution in [0.5, 0.6) is 11.5 Å². The Hall–Kier alpha value is -1.71. The van der Waals surface area contributed by atoms with Gasteiger partial charge in [0, 0.05) is 5.92 Å². The molecule has 0 bridgehead atoms. The Morgan fingerprint density at radius 1 is 1.29 bits per heavy atom. The quantitative estimate of drug-likeness (QED) is 0.649. The molecule has 1 aromatic rings. The second-order valence-corrected chi connectivity index (χ2v) is 5.51. The highest BCUT2D eigenvalue weighted by Crippen LogP contribution is 2.28. The van der Waals surface area contributed by atoms with Crippen LogP contribution in [0.4, 0.5) is 0 Å². The Morgan fingerprint density at radius 2 is 2.00 bits per heavy atom. The van der Waals surface area contributed by atoms with Crippen LogP contribution in [0.25, 0.3) is 0 Å². The van der Waals surface area contributed by atoms with Crippen molar-refractivity contribution in [3.05, 3.63) is 23.8 Å². The maximum absolute atomic E-state index is 11.6. The summed E-state index contributed by atoms with van der Waals surface area (Å²) >= 11 is 0. The average Bonchev–Trinajstić information content (AvgIpc) is 2.47. The van der Waals surface area contributed by atoms with Gasteiger partial charge >= 0.3 is 0 Å². The molecule has 1 atom stereocenters. The summed E-state index contributed by atoms with van der Waals surface area (Å²) in [6.07, 6.45) is 7.28. The van der Waals surface area contributed by atoms with E-state index in [-0.39, 0.29) is 17.6 Å². The van der Waals surface area contributed by atoms with Crippen LogP contribution in [-0.4, -0.2) is 18.1 Å². The van der Waals surface area contributed by atoms with Gasteiger partial charge < -0.3 is 15.6 Å². The molecular weight excluding hydrogens is 266 g/mol. The number of unbranched alkanes of at least 4 members (excludes halogenated alkanes) is 4. The van der Waals surface area contributed by atoms with Crippen LogP contribution >= 0.6 is 0 Å². The monoisotopic (exact) mass is 293 g/mol. The lowest BCUT2D eigenvalue weighted by atomic mass is 9.92. The van der Waals surface area contributed by atoms with Gasteiger partial charge in [0.1, 0.15) is 0 Å². The van der Waals surface area contributed by atoms with Crippen molar-refractivity contribution in [1.82, 2.24) is 0 Å². The molecule has 3 N–H and O–H groups in total. The molecule has 0 aliphatic rings. The lowest BCUT2D eigenvalue weighted by molar-refractivity contribution is -0.122. The Labute approximate surface area is 127 Å². The molecule has 1 aromatic carbocycles. The third kappa shape index (κ3) is 6.06. The van der Waals surface area contributed by atoms with E-state index < -0.39 is 0 Å². The minimum Gasteiger partial charge on any atom is -0.504 e. The fourth-order valence-electron chi connectivity index (χ4n) is 2.47. The number of hydrogen-bond donors (Lipinski definition) is 2. The first-order valence-electron chi connectivity index (χ1n) is 7.73. The highest BCUT2D eigenvalue weighted by Gasteiger charge is 2.16. The van der Waals surface area contributed by atoms with Crippen molar-refractivity contribution in [2.24, 2.45) is 11.7 Å².